The van der Waals surface area contributed by atoms with Crippen LogP contribution in [0.2, 0.25) is 0 Å². The van der Waals surface area contributed by atoms with Gasteiger partial charge in [-0.25, -0.2) is 0 Å². The molecule has 0 unspecified atom stereocenters. The Labute approximate surface area is 113 Å². The highest BCUT2D eigenvalue weighted by Gasteiger charge is 2.29. The lowest BCUT2D eigenvalue weighted by Gasteiger charge is -2.13. The summed E-state index contributed by atoms with van der Waals surface area (Å²) in [5, 5.41) is 2.84. The van der Waals surface area contributed by atoms with Crippen molar-refractivity contribution in [2.75, 3.05) is 18.5 Å². The first-order valence-electron chi connectivity index (χ1n) is 6.62. The van der Waals surface area contributed by atoms with Crippen molar-refractivity contribution in [3.05, 3.63) is 24.3 Å². The Hall–Kier alpha value is -1.59. The summed E-state index contributed by atoms with van der Waals surface area (Å²) in [7, 11) is 0. The average Bonchev–Trinajstić information content (AvgIpc) is 2.90. The highest BCUT2D eigenvalue weighted by atomic mass is 16.5. The van der Waals surface area contributed by atoms with E-state index in [1.54, 1.807) is 0 Å². The Kier molecular flexibility index (Phi) is 4.76. The quantitative estimate of drug-likeness (QED) is 0.846. The second kappa shape index (κ2) is 6.54. The second-order valence-corrected chi connectivity index (χ2v) is 4.51. The zero-order valence-electron chi connectivity index (χ0n) is 11.1. The van der Waals surface area contributed by atoms with Crippen molar-refractivity contribution >= 4 is 11.6 Å². The van der Waals surface area contributed by atoms with Gasteiger partial charge in [-0.3, -0.25) is 4.79 Å². The molecule has 1 aromatic rings. The lowest BCUT2D eigenvalue weighted by atomic mass is 10.2. The van der Waals surface area contributed by atoms with Crippen molar-refractivity contribution in [2.24, 2.45) is 5.73 Å². The van der Waals surface area contributed by atoms with E-state index in [9.17, 15) is 4.79 Å². The minimum Gasteiger partial charge on any atom is -0.494 e. The molecule has 0 bridgehead atoms. The molecule has 1 aliphatic heterocycles. The first-order chi connectivity index (χ1) is 9.22. The zero-order valence-corrected chi connectivity index (χ0v) is 11.1. The van der Waals surface area contributed by atoms with E-state index >= 15 is 0 Å². The lowest BCUT2D eigenvalue weighted by Crippen LogP contribution is -2.29. The Bertz CT molecular complexity index is 419. The smallest absolute Gasteiger partial charge is 0.253 e. The largest absolute Gasteiger partial charge is 0.494 e. The van der Waals surface area contributed by atoms with Gasteiger partial charge < -0.3 is 20.5 Å². The fourth-order valence-electron chi connectivity index (χ4n) is 2.10. The van der Waals surface area contributed by atoms with Gasteiger partial charge in [0.25, 0.3) is 5.91 Å². The van der Waals surface area contributed by atoms with E-state index in [1.807, 2.05) is 31.2 Å². The van der Waals surface area contributed by atoms with Crippen molar-refractivity contribution in [1.82, 2.24) is 0 Å². The SMILES string of the molecule is CCOc1ccc(NC(=O)[C@@H]2CC[C@H](CN)O2)cc1. The number of ether oxygens (including phenoxy) is 2. The third kappa shape index (κ3) is 3.68. The van der Waals surface area contributed by atoms with Gasteiger partial charge in [0.05, 0.1) is 12.7 Å². The van der Waals surface area contributed by atoms with Gasteiger partial charge >= 0.3 is 0 Å². The van der Waals surface area contributed by atoms with Crippen LogP contribution in [-0.2, 0) is 9.53 Å². The van der Waals surface area contributed by atoms with E-state index in [2.05, 4.69) is 5.32 Å². The number of rotatable bonds is 5. The number of benzene rings is 1. The molecule has 0 aromatic heterocycles. The molecule has 5 nitrogen and oxygen atoms in total. The molecule has 0 spiro atoms. The highest BCUT2D eigenvalue weighted by molar-refractivity contribution is 5.94. The van der Waals surface area contributed by atoms with Crippen molar-refractivity contribution in [2.45, 2.75) is 32.0 Å². The van der Waals surface area contributed by atoms with E-state index in [1.165, 1.54) is 0 Å². The Balaban J connectivity index is 1.88. The number of nitrogens with two attached hydrogens (primary N) is 1. The van der Waals surface area contributed by atoms with E-state index in [0.29, 0.717) is 13.2 Å². The normalized spacial score (nSPS) is 22.2. The monoisotopic (exact) mass is 264 g/mol. The summed E-state index contributed by atoms with van der Waals surface area (Å²) in [5.41, 5.74) is 6.27. The second-order valence-electron chi connectivity index (χ2n) is 4.51. The number of nitrogens with one attached hydrogen (secondary N) is 1. The lowest BCUT2D eigenvalue weighted by molar-refractivity contribution is -0.126. The highest BCUT2D eigenvalue weighted by Crippen LogP contribution is 2.21. The summed E-state index contributed by atoms with van der Waals surface area (Å²) in [6, 6.07) is 7.30. The number of amides is 1. The maximum Gasteiger partial charge on any atom is 0.253 e. The molecule has 1 fully saturated rings. The first kappa shape index (κ1) is 13.8. The van der Waals surface area contributed by atoms with Gasteiger partial charge in [-0.1, -0.05) is 0 Å². The topological polar surface area (TPSA) is 73.6 Å². The molecule has 1 aliphatic rings. The predicted octanol–water partition coefficient (Wildman–Crippen LogP) is 1.53. The molecular weight excluding hydrogens is 244 g/mol. The summed E-state index contributed by atoms with van der Waals surface area (Å²) in [5.74, 6) is 0.681. The molecule has 3 N–H and O–H groups in total. The minimum absolute atomic E-state index is 0.0103. The minimum atomic E-state index is -0.389. The van der Waals surface area contributed by atoms with Crippen LogP contribution in [0.25, 0.3) is 0 Å². The van der Waals surface area contributed by atoms with Gasteiger partial charge in [0.2, 0.25) is 0 Å². The summed E-state index contributed by atoms with van der Waals surface area (Å²) in [6.45, 7) is 3.02. The Morgan fingerprint density at radius 1 is 1.42 bits per heavy atom. The van der Waals surface area contributed by atoms with E-state index in [4.69, 9.17) is 15.2 Å². The van der Waals surface area contributed by atoms with Crippen LogP contribution >= 0.6 is 0 Å². The first-order valence-corrected chi connectivity index (χ1v) is 6.62. The average molecular weight is 264 g/mol. The zero-order chi connectivity index (χ0) is 13.7. The molecule has 0 saturated carbocycles. The van der Waals surface area contributed by atoms with Gasteiger partial charge in [0.1, 0.15) is 11.9 Å². The van der Waals surface area contributed by atoms with Crippen LogP contribution < -0.4 is 15.8 Å². The maximum absolute atomic E-state index is 12.0. The van der Waals surface area contributed by atoms with Gasteiger partial charge in [-0.15, -0.1) is 0 Å². The Morgan fingerprint density at radius 3 is 2.74 bits per heavy atom. The number of hydrogen-bond acceptors (Lipinski definition) is 4. The fraction of sp³-hybridized carbons (Fsp3) is 0.500. The molecule has 1 aromatic carbocycles. The van der Waals surface area contributed by atoms with Crippen molar-refractivity contribution in [1.29, 1.82) is 0 Å². The molecule has 0 aliphatic carbocycles. The Morgan fingerprint density at radius 2 is 2.16 bits per heavy atom. The van der Waals surface area contributed by atoms with Crippen LogP contribution in [0.5, 0.6) is 5.75 Å². The van der Waals surface area contributed by atoms with Crippen LogP contribution in [0.4, 0.5) is 5.69 Å². The van der Waals surface area contributed by atoms with Crippen LogP contribution in [0, 0.1) is 0 Å². The molecule has 1 amide bonds. The van der Waals surface area contributed by atoms with E-state index in [-0.39, 0.29) is 18.1 Å². The van der Waals surface area contributed by atoms with Gasteiger partial charge in [-0.2, -0.15) is 0 Å². The molecule has 2 rings (SSSR count). The third-order valence-electron chi connectivity index (χ3n) is 3.10. The number of hydrogen-bond donors (Lipinski definition) is 2. The van der Waals surface area contributed by atoms with E-state index in [0.717, 1.165) is 24.3 Å². The maximum atomic E-state index is 12.0. The van der Waals surface area contributed by atoms with Crippen molar-refractivity contribution < 1.29 is 14.3 Å². The molecule has 5 heteroatoms. The molecule has 1 saturated heterocycles. The fourth-order valence-corrected chi connectivity index (χ4v) is 2.10. The van der Waals surface area contributed by atoms with Crippen LogP contribution in [-0.4, -0.2) is 31.3 Å². The van der Waals surface area contributed by atoms with Crippen LogP contribution in [0.1, 0.15) is 19.8 Å². The van der Waals surface area contributed by atoms with Crippen LogP contribution in [0.3, 0.4) is 0 Å². The molecule has 104 valence electrons. The molecule has 19 heavy (non-hydrogen) atoms. The number of carbonyl (C=O) groups excluding carboxylic acids is 1. The number of carbonyl (C=O) groups is 1. The molecular formula is C14H20N2O3. The number of anilines is 1. The van der Waals surface area contributed by atoms with Crippen LogP contribution in [0.15, 0.2) is 24.3 Å². The summed E-state index contributed by atoms with van der Waals surface area (Å²) < 4.78 is 10.9. The summed E-state index contributed by atoms with van der Waals surface area (Å²) in [4.78, 5) is 12.0. The standard InChI is InChI=1S/C14H20N2O3/c1-2-18-11-5-3-10(4-6-11)16-14(17)13-8-7-12(9-15)19-13/h3-6,12-13H,2,7-9,15H2,1H3,(H,16,17)/t12-,13+/m1/s1. The van der Waals surface area contributed by atoms with E-state index < -0.39 is 0 Å². The summed E-state index contributed by atoms with van der Waals surface area (Å²) >= 11 is 0. The molecule has 2 atom stereocenters. The van der Waals surface area contributed by atoms with Gasteiger partial charge in [0, 0.05) is 12.2 Å². The van der Waals surface area contributed by atoms with Crippen molar-refractivity contribution in [3.8, 4) is 5.75 Å². The molecule has 0 radical (unpaired) electrons. The predicted molar refractivity (Wildman–Crippen MR) is 73.2 cm³/mol. The third-order valence-corrected chi connectivity index (χ3v) is 3.10. The van der Waals surface area contributed by atoms with Gasteiger partial charge in [-0.05, 0) is 44.0 Å². The molecule has 1 heterocycles. The summed E-state index contributed by atoms with van der Waals surface area (Å²) in [6.07, 6.45) is 1.19. The van der Waals surface area contributed by atoms with Crippen molar-refractivity contribution in [3.63, 3.8) is 0 Å². The van der Waals surface area contributed by atoms with Gasteiger partial charge in [0.15, 0.2) is 0 Å².